The molecule has 2 aromatic rings. The zero-order valence-corrected chi connectivity index (χ0v) is 13.1. The van der Waals surface area contributed by atoms with Gasteiger partial charge in [0.25, 0.3) is 0 Å². The summed E-state index contributed by atoms with van der Waals surface area (Å²) in [5.41, 5.74) is 1.67. The molecule has 0 amide bonds. The summed E-state index contributed by atoms with van der Waals surface area (Å²) in [5.74, 6) is 0. The van der Waals surface area contributed by atoms with Crippen molar-refractivity contribution in [1.82, 2.24) is 4.90 Å². The molecule has 0 saturated heterocycles. The molecule has 2 aromatic carbocycles. The van der Waals surface area contributed by atoms with Crippen LogP contribution < -0.4 is 0 Å². The highest BCUT2D eigenvalue weighted by molar-refractivity contribution is 5.90. The van der Waals surface area contributed by atoms with Crippen molar-refractivity contribution < 1.29 is 5.11 Å². The number of hydrogen-bond donors (Lipinski definition) is 1. The molecular weight excluding hydrogens is 258 g/mol. The lowest BCUT2D eigenvalue weighted by Gasteiger charge is -2.43. The second-order valence-electron chi connectivity index (χ2n) is 6.12. The molecule has 0 bridgehead atoms. The zero-order chi connectivity index (χ0) is 14.9. The number of nitrogens with zero attached hydrogens (tertiary/aromatic N) is 1. The summed E-state index contributed by atoms with van der Waals surface area (Å²) >= 11 is 0. The van der Waals surface area contributed by atoms with Gasteiger partial charge in [-0.25, -0.2) is 0 Å². The van der Waals surface area contributed by atoms with Gasteiger partial charge in [-0.05, 0) is 42.0 Å². The summed E-state index contributed by atoms with van der Waals surface area (Å²) in [6, 6.07) is 12.8. The molecule has 2 nitrogen and oxygen atoms in total. The van der Waals surface area contributed by atoms with E-state index in [0.717, 1.165) is 44.3 Å². The van der Waals surface area contributed by atoms with Gasteiger partial charge in [0, 0.05) is 18.7 Å². The number of rotatable bonds is 5. The molecule has 0 aliphatic heterocycles. The Morgan fingerprint density at radius 3 is 2.38 bits per heavy atom. The third-order valence-corrected chi connectivity index (χ3v) is 4.68. The van der Waals surface area contributed by atoms with E-state index in [1.807, 2.05) is 0 Å². The molecule has 0 spiro atoms. The lowest BCUT2D eigenvalue weighted by Crippen LogP contribution is -2.48. The summed E-state index contributed by atoms with van der Waals surface area (Å²) in [6.07, 6.45) is 3.89. The van der Waals surface area contributed by atoms with Crippen LogP contribution in [0.3, 0.4) is 0 Å². The fourth-order valence-electron chi connectivity index (χ4n) is 3.75. The van der Waals surface area contributed by atoms with Crippen LogP contribution in [0.4, 0.5) is 0 Å². The Kier molecular flexibility index (Phi) is 4.01. The van der Waals surface area contributed by atoms with E-state index in [2.05, 4.69) is 55.1 Å². The van der Waals surface area contributed by atoms with Crippen LogP contribution in [0.1, 0.15) is 44.2 Å². The second kappa shape index (κ2) is 5.78. The van der Waals surface area contributed by atoms with E-state index in [-0.39, 0.29) is 0 Å². The number of aliphatic hydroxyl groups is 1. The van der Waals surface area contributed by atoms with Crippen LogP contribution in [0.25, 0.3) is 10.8 Å². The molecule has 0 fully saturated rings. The first-order valence-corrected chi connectivity index (χ1v) is 8.19. The van der Waals surface area contributed by atoms with Gasteiger partial charge in [0.05, 0.1) is 0 Å². The molecular formula is C19H25NO. The number of aryl methyl sites for hydroxylation is 1. The summed E-state index contributed by atoms with van der Waals surface area (Å²) in [5, 5.41) is 14.0. The molecule has 1 atom stereocenters. The second-order valence-corrected chi connectivity index (χ2v) is 6.12. The predicted octanol–water partition coefficient (Wildman–Crippen LogP) is 4.05. The van der Waals surface area contributed by atoms with Crippen LogP contribution in [0.5, 0.6) is 0 Å². The van der Waals surface area contributed by atoms with Gasteiger partial charge < -0.3 is 5.11 Å². The Labute approximate surface area is 127 Å². The van der Waals surface area contributed by atoms with Gasteiger partial charge in [0.1, 0.15) is 5.72 Å². The minimum atomic E-state index is -0.806. The van der Waals surface area contributed by atoms with Gasteiger partial charge in [0.15, 0.2) is 0 Å². The van der Waals surface area contributed by atoms with E-state index in [4.69, 9.17) is 0 Å². The van der Waals surface area contributed by atoms with E-state index in [9.17, 15) is 5.11 Å². The molecule has 1 N–H and O–H groups in total. The lowest BCUT2D eigenvalue weighted by atomic mass is 9.81. The molecule has 3 rings (SSSR count). The Bertz CT molecular complexity index is 625. The summed E-state index contributed by atoms with van der Waals surface area (Å²) < 4.78 is 0. The Morgan fingerprint density at radius 1 is 1.05 bits per heavy atom. The van der Waals surface area contributed by atoms with Crippen LogP contribution >= 0.6 is 0 Å². The van der Waals surface area contributed by atoms with Crippen LogP contribution in [-0.2, 0) is 12.1 Å². The molecule has 2 heteroatoms. The molecule has 0 saturated carbocycles. The normalized spacial score (nSPS) is 21.1. The highest BCUT2D eigenvalue weighted by Crippen LogP contribution is 2.41. The molecule has 21 heavy (non-hydrogen) atoms. The van der Waals surface area contributed by atoms with Crippen molar-refractivity contribution in [1.29, 1.82) is 0 Å². The number of benzene rings is 2. The van der Waals surface area contributed by atoms with Crippen LogP contribution in [0, 0.1) is 0 Å². The Balaban J connectivity index is 2.15. The SMILES string of the molecule is CCCN(CCC)C1(O)CCc2cccc3cccc1c23. The van der Waals surface area contributed by atoms with Gasteiger partial charge >= 0.3 is 0 Å². The monoisotopic (exact) mass is 283 g/mol. The van der Waals surface area contributed by atoms with E-state index in [1.54, 1.807) is 0 Å². The molecule has 0 aromatic heterocycles. The van der Waals surface area contributed by atoms with Crippen LogP contribution in [0.2, 0.25) is 0 Å². The summed E-state index contributed by atoms with van der Waals surface area (Å²) in [6.45, 7) is 6.26. The highest BCUT2D eigenvalue weighted by atomic mass is 16.3. The summed E-state index contributed by atoms with van der Waals surface area (Å²) in [4.78, 5) is 2.28. The van der Waals surface area contributed by atoms with E-state index in [1.165, 1.54) is 16.3 Å². The van der Waals surface area contributed by atoms with Crippen LogP contribution in [-0.4, -0.2) is 23.1 Å². The first-order chi connectivity index (χ1) is 10.2. The standard InChI is InChI=1S/C19H25NO/c1-3-13-20(14-4-2)19(21)12-11-16-8-5-7-15-9-6-10-17(19)18(15)16/h5-10,21H,3-4,11-14H2,1-2H3. The minimum absolute atomic E-state index is 0.795. The van der Waals surface area contributed by atoms with Gasteiger partial charge in [-0.2, -0.15) is 0 Å². The first kappa shape index (κ1) is 14.6. The van der Waals surface area contributed by atoms with Crippen molar-refractivity contribution in [2.24, 2.45) is 0 Å². The predicted molar refractivity (Wildman–Crippen MR) is 88.3 cm³/mol. The largest absolute Gasteiger partial charge is 0.371 e. The maximum absolute atomic E-state index is 11.5. The smallest absolute Gasteiger partial charge is 0.145 e. The van der Waals surface area contributed by atoms with Crippen molar-refractivity contribution in [3.63, 3.8) is 0 Å². The average Bonchev–Trinajstić information content (AvgIpc) is 2.51. The quantitative estimate of drug-likeness (QED) is 0.837. The fraction of sp³-hybridized carbons (Fsp3) is 0.474. The van der Waals surface area contributed by atoms with Gasteiger partial charge in [-0.1, -0.05) is 50.2 Å². The maximum atomic E-state index is 11.5. The third kappa shape index (κ3) is 2.37. The molecule has 0 heterocycles. The van der Waals surface area contributed by atoms with Crippen molar-refractivity contribution in [2.45, 2.75) is 45.3 Å². The van der Waals surface area contributed by atoms with Crippen molar-refractivity contribution >= 4 is 10.8 Å². The topological polar surface area (TPSA) is 23.5 Å². The molecule has 0 radical (unpaired) electrons. The molecule has 1 unspecified atom stereocenters. The minimum Gasteiger partial charge on any atom is -0.371 e. The third-order valence-electron chi connectivity index (χ3n) is 4.68. The highest BCUT2D eigenvalue weighted by Gasteiger charge is 2.39. The van der Waals surface area contributed by atoms with E-state index < -0.39 is 5.72 Å². The lowest BCUT2D eigenvalue weighted by molar-refractivity contribution is -0.123. The zero-order valence-electron chi connectivity index (χ0n) is 13.1. The van der Waals surface area contributed by atoms with Gasteiger partial charge in [-0.3, -0.25) is 4.90 Å². The number of hydrogen-bond acceptors (Lipinski definition) is 2. The average molecular weight is 283 g/mol. The van der Waals surface area contributed by atoms with Crippen LogP contribution in [0.15, 0.2) is 36.4 Å². The summed E-state index contributed by atoms with van der Waals surface area (Å²) in [7, 11) is 0. The fourth-order valence-corrected chi connectivity index (χ4v) is 3.75. The van der Waals surface area contributed by atoms with Crippen molar-refractivity contribution in [3.8, 4) is 0 Å². The maximum Gasteiger partial charge on any atom is 0.145 e. The first-order valence-electron chi connectivity index (χ1n) is 8.19. The van der Waals surface area contributed by atoms with Crippen molar-refractivity contribution in [2.75, 3.05) is 13.1 Å². The van der Waals surface area contributed by atoms with Gasteiger partial charge in [-0.15, -0.1) is 0 Å². The Morgan fingerprint density at radius 2 is 1.71 bits per heavy atom. The molecule has 1 aliphatic carbocycles. The Hall–Kier alpha value is -1.38. The molecule has 1 aliphatic rings. The van der Waals surface area contributed by atoms with E-state index >= 15 is 0 Å². The van der Waals surface area contributed by atoms with E-state index in [0.29, 0.717) is 0 Å². The van der Waals surface area contributed by atoms with Gasteiger partial charge in [0.2, 0.25) is 0 Å². The molecule has 112 valence electrons. The van der Waals surface area contributed by atoms with Crippen molar-refractivity contribution in [3.05, 3.63) is 47.5 Å².